The van der Waals surface area contributed by atoms with E-state index in [1.807, 2.05) is 10.4 Å². The van der Waals surface area contributed by atoms with E-state index in [1.165, 1.54) is 0 Å². The maximum Gasteiger partial charge on any atom is 0.327 e. The van der Waals surface area contributed by atoms with Gasteiger partial charge in [-0.3, -0.25) is 5.43 Å². The van der Waals surface area contributed by atoms with Crippen molar-refractivity contribution in [2.75, 3.05) is 0 Å². The molecule has 0 fully saturated rings. The molecule has 0 aliphatic heterocycles. The van der Waals surface area contributed by atoms with Crippen molar-refractivity contribution in [3.63, 3.8) is 0 Å². The van der Waals surface area contributed by atoms with Gasteiger partial charge in [0.15, 0.2) is 0 Å². The fourth-order valence-corrected chi connectivity index (χ4v) is 0.140. The average Bonchev–Trinajstić information content (AvgIpc) is 1.35. The highest BCUT2D eigenvalue weighted by atomic mass is 35.5. The molecule has 0 aromatic rings. The van der Waals surface area contributed by atoms with Crippen LogP contribution in [0.1, 0.15) is 0 Å². The molecule has 0 saturated heterocycles. The first-order valence-corrected chi connectivity index (χ1v) is 1.56. The van der Waals surface area contributed by atoms with Crippen LogP contribution in [-0.2, 0) is 0 Å². The Bertz CT molecular complexity index is 56.9. The van der Waals surface area contributed by atoms with Crippen molar-refractivity contribution in [2.45, 2.75) is 0 Å². The smallest absolute Gasteiger partial charge is 0.327 e. The van der Waals surface area contributed by atoms with Gasteiger partial charge in [0.05, 0.1) is 0 Å². The van der Waals surface area contributed by atoms with Crippen molar-refractivity contribution in [1.29, 1.82) is 0 Å². The van der Waals surface area contributed by atoms with Gasteiger partial charge in [-0.05, 0) is 11.8 Å². The fourth-order valence-electron chi connectivity index (χ4n) is 0.0466. The van der Waals surface area contributed by atoms with Crippen molar-refractivity contribution < 1.29 is 10.3 Å². The van der Waals surface area contributed by atoms with Gasteiger partial charge < -0.3 is 11.2 Å². The molecule has 0 spiro atoms. The third-order valence-electron chi connectivity index (χ3n) is 0.170. The number of hydrazine groups is 1. The average molecular weight is 128 g/mol. The largest absolute Gasteiger partial charge is 0.412 e. The highest BCUT2D eigenvalue weighted by molar-refractivity contribution is 6.13. The van der Waals surface area contributed by atoms with Gasteiger partial charge in [0, 0.05) is 0 Å². The van der Waals surface area contributed by atoms with Gasteiger partial charge in [-0.15, -0.1) is 4.94 Å². The van der Waals surface area contributed by atoms with E-state index in [2.05, 4.69) is 5.73 Å². The minimum absolute atomic E-state index is 0. The second-order valence-electron chi connectivity index (χ2n) is 0.584. The molecule has 2 amide bonds. The van der Waals surface area contributed by atoms with E-state index in [1.54, 1.807) is 0 Å². The number of rotatable bonds is 1. The van der Waals surface area contributed by atoms with Gasteiger partial charge >= 0.3 is 6.03 Å². The Kier molecular flexibility index (Phi) is 7.59. The number of hydrogen-bond donors (Lipinski definition) is 3. The number of hydrogen-bond acceptors (Lipinski definition) is 2. The normalized spacial score (nSPS) is 6.43. The van der Waals surface area contributed by atoms with Crippen LogP contribution in [-0.4, -0.2) is 11.5 Å². The number of carbonyl (C=O) groups is 1. The van der Waals surface area contributed by atoms with Crippen molar-refractivity contribution in [3.8, 4) is 0 Å². The SMILES string of the molecule is NC(=O)NNCl.O. The zero-order valence-corrected chi connectivity index (χ0v) is 4.12. The summed E-state index contributed by atoms with van der Waals surface area (Å²) in [7, 11) is 0. The highest BCUT2D eigenvalue weighted by Gasteiger charge is 1.79. The van der Waals surface area contributed by atoms with E-state index in [4.69, 9.17) is 11.8 Å². The molecule has 0 heterocycles. The van der Waals surface area contributed by atoms with Crippen LogP contribution in [0.15, 0.2) is 0 Å². The topological polar surface area (TPSA) is 98.7 Å². The third kappa shape index (κ3) is 10.8. The molecular formula is CH6ClN3O2. The molecule has 0 aromatic heterocycles. The summed E-state index contributed by atoms with van der Waals surface area (Å²) in [6.45, 7) is 0. The molecule has 0 rings (SSSR count). The van der Waals surface area contributed by atoms with Gasteiger partial charge in [0.1, 0.15) is 0 Å². The zero-order chi connectivity index (χ0) is 4.99. The molecule has 0 radical (unpaired) electrons. The standard InChI is InChI=1S/CH4ClN3O.H2O/c2-5-4-1(3)6;/h5H,(H3,3,4,6);1H2. The lowest BCUT2D eigenvalue weighted by molar-refractivity contribution is 0.248. The molecule has 7 heavy (non-hydrogen) atoms. The molecule has 6 heteroatoms. The number of carbonyl (C=O) groups excluding carboxylic acids is 1. The molecule has 44 valence electrons. The first-order chi connectivity index (χ1) is 2.77. The van der Waals surface area contributed by atoms with Crippen LogP contribution in [0.5, 0.6) is 0 Å². The lowest BCUT2D eigenvalue weighted by Gasteiger charge is -1.88. The minimum atomic E-state index is -0.704. The number of primary amides is 1. The molecule has 0 aromatic carbocycles. The van der Waals surface area contributed by atoms with Gasteiger partial charge in [0.25, 0.3) is 0 Å². The van der Waals surface area contributed by atoms with Crippen LogP contribution in [0.3, 0.4) is 0 Å². The van der Waals surface area contributed by atoms with E-state index < -0.39 is 6.03 Å². The predicted molar refractivity (Wildman–Crippen MR) is 25.3 cm³/mol. The molecule has 6 N–H and O–H groups in total. The summed E-state index contributed by atoms with van der Waals surface area (Å²) in [6.07, 6.45) is 0. The van der Waals surface area contributed by atoms with E-state index in [0.29, 0.717) is 0 Å². The first-order valence-electron chi connectivity index (χ1n) is 1.18. The van der Waals surface area contributed by atoms with Gasteiger partial charge in [-0.2, -0.15) is 0 Å². The predicted octanol–water partition coefficient (Wildman–Crippen LogP) is -1.51. The summed E-state index contributed by atoms with van der Waals surface area (Å²) in [4.78, 5) is 11.4. The maximum atomic E-state index is 9.56. The number of urea groups is 1. The van der Waals surface area contributed by atoms with E-state index >= 15 is 0 Å². The highest BCUT2D eigenvalue weighted by Crippen LogP contribution is 1.49. The van der Waals surface area contributed by atoms with Crippen molar-refractivity contribution in [1.82, 2.24) is 10.4 Å². The number of amides is 2. The summed E-state index contributed by atoms with van der Waals surface area (Å²) < 4.78 is 0. The second kappa shape index (κ2) is 5.48. The van der Waals surface area contributed by atoms with E-state index in [-0.39, 0.29) is 5.48 Å². The molecule has 0 atom stereocenters. The Morgan fingerprint density at radius 1 is 1.71 bits per heavy atom. The van der Waals surface area contributed by atoms with Crippen molar-refractivity contribution in [2.24, 2.45) is 5.73 Å². The summed E-state index contributed by atoms with van der Waals surface area (Å²) in [6, 6.07) is -0.704. The minimum Gasteiger partial charge on any atom is -0.412 e. The van der Waals surface area contributed by atoms with Crippen LogP contribution in [0, 0.1) is 0 Å². The Labute approximate surface area is 45.2 Å². The van der Waals surface area contributed by atoms with E-state index in [9.17, 15) is 4.79 Å². The second-order valence-corrected chi connectivity index (χ2v) is 0.773. The summed E-state index contributed by atoms with van der Waals surface area (Å²) in [5.41, 5.74) is 6.37. The summed E-state index contributed by atoms with van der Waals surface area (Å²) >= 11 is 4.73. The fraction of sp³-hybridized carbons (Fsp3) is 0. The summed E-state index contributed by atoms with van der Waals surface area (Å²) in [5, 5.41) is 0. The van der Waals surface area contributed by atoms with Crippen LogP contribution >= 0.6 is 11.8 Å². The number of halogens is 1. The van der Waals surface area contributed by atoms with Crippen LogP contribution in [0.25, 0.3) is 0 Å². The van der Waals surface area contributed by atoms with Crippen LogP contribution in [0.2, 0.25) is 0 Å². The molecule has 0 bridgehead atoms. The zero-order valence-electron chi connectivity index (χ0n) is 3.36. The monoisotopic (exact) mass is 127 g/mol. The molecule has 0 aliphatic rings. The van der Waals surface area contributed by atoms with Gasteiger partial charge in [0.2, 0.25) is 0 Å². The number of nitrogens with one attached hydrogen (secondary N) is 2. The van der Waals surface area contributed by atoms with E-state index in [0.717, 1.165) is 0 Å². The van der Waals surface area contributed by atoms with Crippen molar-refractivity contribution >= 4 is 17.8 Å². The quantitative estimate of drug-likeness (QED) is 0.295. The Balaban J connectivity index is 0. The third-order valence-corrected chi connectivity index (χ3v) is 0.265. The number of nitrogens with two attached hydrogens (primary N) is 1. The molecule has 0 aliphatic carbocycles. The summed E-state index contributed by atoms with van der Waals surface area (Å²) in [5.74, 6) is 0. The van der Waals surface area contributed by atoms with Gasteiger partial charge in [-0.25, -0.2) is 4.79 Å². The first kappa shape index (κ1) is 9.70. The Morgan fingerprint density at radius 2 is 2.14 bits per heavy atom. The molecule has 5 nitrogen and oxygen atoms in total. The Hall–Kier alpha value is -0.520. The molecule has 0 saturated carbocycles. The van der Waals surface area contributed by atoms with Crippen LogP contribution < -0.4 is 16.1 Å². The Morgan fingerprint density at radius 3 is 2.14 bits per heavy atom. The molecule has 0 unspecified atom stereocenters. The lowest BCUT2D eigenvalue weighted by atomic mass is 11.2. The van der Waals surface area contributed by atoms with Crippen LogP contribution in [0.4, 0.5) is 4.79 Å². The maximum absolute atomic E-state index is 9.56. The lowest BCUT2D eigenvalue weighted by Crippen LogP contribution is -2.35. The van der Waals surface area contributed by atoms with Crippen molar-refractivity contribution in [3.05, 3.63) is 0 Å². The molecular weight excluding hydrogens is 121 g/mol. The van der Waals surface area contributed by atoms with Gasteiger partial charge in [-0.1, -0.05) is 0 Å².